The largest absolute Gasteiger partial charge is 0.481 e. The molecular formula is C16H30N2O2. The summed E-state index contributed by atoms with van der Waals surface area (Å²) < 4.78 is 0. The Morgan fingerprint density at radius 3 is 2.40 bits per heavy atom. The van der Waals surface area contributed by atoms with E-state index >= 15 is 0 Å². The van der Waals surface area contributed by atoms with E-state index in [1.54, 1.807) is 0 Å². The highest BCUT2D eigenvalue weighted by molar-refractivity contribution is 5.67. The van der Waals surface area contributed by atoms with E-state index in [9.17, 15) is 4.79 Å². The maximum Gasteiger partial charge on any atom is 0.303 e. The van der Waals surface area contributed by atoms with Gasteiger partial charge in [0.2, 0.25) is 0 Å². The molecule has 0 spiro atoms. The van der Waals surface area contributed by atoms with Crippen LogP contribution in [0.25, 0.3) is 0 Å². The van der Waals surface area contributed by atoms with Gasteiger partial charge in [0.1, 0.15) is 0 Å². The minimum Gasteiger partial charge on any atom is -0.481 e. The van der Waals surface area contributed by atoms with E-state index < -0.39 is 5.97 Å². The molecule has 20 heavy (non-hydrogen) atoms. The molecule has 116 valence electrons. The Balaban J connectivity index is 1.77. The summed E-state index contributed by atoms with van der Waals surface area (Å²) in [6.45, 7) is 9.24. The van der Waals surface area contributed by atoms with E-state index in [1.165, 1.54) is 32.4 Å². The minimum absolute atomic E-state index is 0.361. The maximum atomic E-state index is 10.8. The van der Waals surface area contributed by atoms with Crippen molar-refractivity contribution in [1.29, 1.82) is 0 Å². The van der Waals surface area contributed by atoms with Crippen molar-refractivity contribution in [2.45, 2.75) is 64.5 Å². The number of carboxylic acid groups (broad SMARTS) is 1. The van der Waals surface area contributed by atoms with Crippen molar-refractivity contribution in [3.05, 3.63) is 0 Å². The van der Waals surface area contributed by atoms with Crippen molar-refractivity contribution >= 4 is 5.97 Å². The third-order valence-corrected chi connectivity index (χ3v) is 5.09. The van der Waals surface area contributed by atoms with E-state index in [1.807, 2.05) is 0 Å². The van der Waals surface area contributed by atoms with Crippen molar-refractivity contribution in [3.63, 3.8) is 0 Å². The molecule has 2 aliphatic rings. The van der Waals surface area contributed by atoms with Crippen molar-refractivity contribution in [2.75, 3.05) is 26.2 Å². The average Bonchev–Trinajstić information content (AvgIpc) is 2.64. The molecule has 2 rings (SSSR count). The molecular weight excluding hydrogens is 252 g/mol. The molecule has 0 saturated carbocycles. The lowest BCUT2D eigenvalue weighted by molar-refractivity contribution is -0.138. The van der Waals surface area contributed by atoms with Gasteiger partial charge >= 0.3 is 5.97 Å². The van der Waals surface area contributed by atoms with E-state index in [4.69, 9.17) is 5.11 Å². The van der Waals surface area contributed by atoms with Gasteiger partial charge in [-0.25, -0.2) is 0 Å². The molecule has 0 aromatic rings. The van der Waals surface area contributed by atoms with Gasteiger partial charge in [0.15, 0.2) is 0 Å². The zero-order valence-corrected chi connectivity index (χ0v) is 13.1. The SMILES string of the molecule is CC(C)N1CCCC(N2CCC(CC(=O)O)CC2)CC1. The molecule has 1 N–H and O–H groups in total. The zero-order valence-electron chi connectivity index (χ0n) is 13.1. The van der Waals surface area contributed by atoms with Gasteiger partial charge in [0.05, 0.1) is 0 Å². The van der Waals surface area contributed by atoms with Gasteiger partial charge in [-0.15, -0.1) is 0 Å². The van der Waals surface area contributed by atoms with Gasteiger partial charge < -0.3 is 14.9 Å². The third kappa shape index (κ3) is 4.45. The second kappa shape index (κ2) is 7.41. The highest BCUT2D eigenvalue weighted by atomic mass is 16.4. The van der Waals surface area contributed by atoms with Crippen LogP contribution in [0.1, 0.15) is 52.4 Å². The van der Waals surface area contributed by atoms with Crippen LogP contribution in [0.3, 0.4) is 0 Å². The first-order valence-electron chi connectivity index (χ1n) is 8.26. The summed E-state index contributed by atoms with van der Waals surface area (Å²) in [6, 6.07) is 1.39. The van der Waals surface area contributed by atoms with Gasteiger partial charge in [-0.05, 0) is 78.0 Å². The van der Waals surface area contributed by atoms with Crippen LogP contribution >= 0.6 is 0 Å². The Morgan fingerprint density at radius 1 is 1.10 bits per heavy atom. The molecule has 2 heterocycles. The molecule has 0 radical (unpaired) electrons. The average molecular weight is 282 g/mol. The van der Waals surface area contributed by atoms with Crippen LogP contribution in [-0.2, 0) is 4.79 Å². The normalized spacial score (nSPS) is 27.6. The smallest absolute Gasteiger partial charge is 0.303 e. The Hall–Kier alpha value is -0.610. The van der Waals surface area contributed by atoms with Crippen molar-refractivity contribution in [3.8, 4) is 0 Å². The highest BCUT2D eigenvalue weighted by Crippen LogP contribution is 2.26. The summed E-state index contributed by atoms with van der Waals surface area (Å²) in [5.74, 6) is -0.229. The van der Waals surface area contributed by atoms with Crippen LogP contribution in [0.15, 0.2) is 0 Å². The first-order valence-corrected chi connectivity index (χ1v) is 8.26. The summed E-state index contributed by atoms with van der Waals surface area (Å²) >= 11 is 0. The fourth-order valence-corrected chi connectivity index (χ4v) is 3.75. The Kier molecular flexibility index (Phi) is 5.85. The fourth-order valence-electron chi connectivity index (χ4n) is 3.75. The third-order valence-electron chi connectivity index (χ3n) is 5.09. The van der Waals surface area contributed by atoms with Crippen LogP contribution in [0, 0.1) is 5.92 Å². The summed E-state index contributed by atoms with van der Waals surface area (Å²) in [7, 11) is 0. The zero-order chi connectivity index (χ0) is 14.5. The lowest BCUT2D eigenvalue weighted by atomic mass is 9.92. The van der Waals surface area contributed by atoms with Crippen LogP contribution in [0.2, 0.25) is 0 Å². The summed E-state index contributed by atoms with van der Waals surface area (Å²) in [6.07, 6.45) is 6.39. The Bertz CT molecular complexity index is 312. The van der Waals surface area contributed by atoms with Crippen LogP contribution < -0.4 is 0 Å². The molecule has 2 saturated heterocycles. The fraction of sp³-hybridized carbons (Fsp3) is 0.938. The molecule has 0 aromatic carbocycles. The highest BCUT2D eigenvalue weighted by Gasteiger charge is 2.28. The summed E-state index contributed by atoms with van der Waals surface area (Å²) in [5.41, 5.74) is 0. The van der Waals surface area contributed by atoms with Gasteiger partial charge in [-0.2, -0.15) is 0 Å². The van der Waals surface area contributed by atoms with E-state index in [0.717, 1.165) is 32.0 Å². The summed E-state index contributed by atoms with van der Waals surface area (Å²) in [4.78, 5) is 16.0. The topological polar surface area (TPSA) is 43.8 Å². The van der Waals surface area contributed by atoms with E-state index in [-0.39, 0.29) is 0 Å². The summed E-state index contributed by atoms with van der Waals surface area (Å²) in [5, 5.41) is 8.88. The second-order valence-corrected chi connectivity index (χ2v) is 6.79. The number of aliphatic carboxylic acids is 1. The molecule has 2 aliphatic heterocycles. The first-order chi connectivity index (χ1) is 9.56. The lowest BCUT2D eigenvalue weighted by Gasteiger charge is -2.37. The monoisotopic (exact) mass is 282 g/mol. The number of hydrogen-bond acceptors (Lipinski definition) is 3. The van der Waals surface area contributed by atoms with Crippen molar-refractivity contribution in [2.24, 2.45) is 5.92 Å². The molecule has 4 heteroatoms. The van der Waals surface area contributed by atoms with Crippen LogP contribution in [0.4, 0.5) is 0 Å². The van der Waals surface area contributed by atoms with Gasteiger partial charge in [0.25, 0.3) is 0 Å². The van der Waals surface area contributed by atoms with Crippen molar-refractivity contribution < 1.29 is 9.90 Å². The lowest BCUT2D eigenvalue weighted by Crippen LogP contribution is -2.42. The van der Waals surface area contributed by atoms with Crippen LogP contribution in [0.5, 0.6) is 0 Å². The molecule has 0 amide bonds. The second-order valence-electron chi connectivity index (χ2n) is 6.79. The first kappa shape index (κ1) is 15.8. The molecule has 4 nitrogen and oxygen atoms in total. The predicted octanol–water partition coefficient (Wildman–Crippen LogP) is 2.44. The number of carbonyl (C=O) groups is 1. The number of nitrogens with zero attached hydrogens (tertiary/aromatic N) is 2. The predicted molar refractivity (Wildman–Crippen MR) is 80.9 cm³/mol. The number of carboxylic acids is 1. The molecule has 1 unspecified atom stereocenters. The Labute approximate surface area is 123 Å². The number of hydrogen-bond donors (Lipinski definition) is 1. The number of likely N-dealkylation sites (tertiary alicyclic amines) is 2. The molecule has 0 bridgehead atoms. The Morgan fingerprint density at radius 2 is 1.80 bits per heavy atom. The van der Waals surface area contributed by atoms with Gasteiger partial charge in [0, 0.05) is 18.5 Å². The number of piperidine rings is 1. The van der Waals surface area contributed by atoms with Gasteiger partial charge in [-0.3, -0.25) is 4.79 Å². The maximum absolute atomic E-state index is 10.8. The standard InChI is InChI=1S/C16H30N2O2/c1-13(2)17-8-3-4-15(7-11-17)18-9-5-14(6-10-18)12-16(19)20/h13-15H,3-12H2,1-2H3,(H,19,20). The minimum atomic E-state index is -0.634. The molecule has 2 fully saturated rings. The molecule has 0 aliphatic carbocycles. The number of rotatable bonds is 4. The van der Waals surface area contributed by atoms with E-state index in [2.05, 4.69) is 23.6 Å². The van der Waals surface area contributed by atoms with E-state index in [0.29, 0.717) is 18.4 Å². The molecule has 0 aromatic heterocycles. The van der Waals surface area contributed by atoms with Gasteiger partial charge in [-0.1, -0.05) is 0 Å². The van der Waals surface area contributed by atoms with Crippen molar-refractivity contribution in [1.82, 2.24) is 9.80 Å². The van der Waals surface area contributed by atoms with Crippen LogP contribution in [-0.4, -0.2) is 59.1 Å². The quantitative estimate of drug-likeness (QED) is 0.860. The molecule has 1 atom stereocenters.